The van der Waals surface area contributed by atoms with Gasteiger partial charge in [-0.25, -0.2) is 4.98 Å². The lowest BCUT2D eigenvalue weighted by Gasteiger charge is -2.27. The van der Waals surface area contributed by atoms with E-state index in [0.29, 0.717) is 0 Å². The van der Waals surface area contributed by atoms with Crippen molar-refractivity contribution in [2.75, 3.05) is 4.90 Å². The molecule has 0 unspecified atom stereocenters. The smallest absolute Gasteiger partial charge is 0.124 e. The van der Waals surface area contributed by atoms with E-state index in [0.717, 1.165) is 33.1 Å². The lowest BCUT2D eigenvalue weighted by molar-refractivity contribution is 1.30. The molecule has 46 heavy (non-hydrogen) atoms. The molecule has 0 atom stereocenters. The van der Waals surface area contributed by atoms with Gasteiger partial charge >= 0.3 is 0 Å². The largest absolute Gasteiger partial charge is 0.310 e. The van der Waals surface area contributed by atoms with Crippen LogP contribution in [0.4, 0.5) is 17.1 Å². The van der Waals surface area contributed by atoms with Crippen LogP contribution in [0.2, 0.25) is 0 Å². The molecule has 0 spiro atoms. The van der Waals surface area contributed by atoms with E-state index in [1.54, 1.807) is 11.3 Å². The molecular weight excluding hydrogens is 577 g/mol. The van der Waals surface area contributed by atoms with Gasteiger partial charge in [0.1, 0.15) is 5.01 Å². The maximum atomic E-state index is 5.19. The van der Waals surface area contributed by atoms with Gasteiger partial charge in [-0.15, -0.1) is 11.3 Å². The van der Waals surface area contributed by atoms with Crippen LogP contribution in [0.25, 0.3) is 64.2 Å². The predicted molar refractivity (Wildman–Crippen MR) is 198 cm³/mol. The first-order valence-corrected chi connectivity index (χ1v) is 16.4. The van der Waals surface area contributed by atoms with Crippen LogP contribution < -0.4 is 4.90 Å². The van der Waals surface area contributed by atoms with Gasteiger partial charge in [0.25, 0.3) is 0 Å². The van der Waals surface area contributed by atoms with E-state index in [2.05, 4.69) is 175 Å². The monoisotopic (exact) mass is 604 g/mol. The summed E-state index contributed by atoms with van der Waals surface area (Å²) >= 11 is 1.78. The molecule has 0 aliphatic heterocycles. The Morgan fingerprint density at radius 1 is 0.413 bits per heavy atom. The average Bonchev–Trinajstić information content (AvgIpc) is 3.59. The van der Waals surface area contributed by atoms with E-state index in [4.69, 9.17) is 4.98 Å². The summed E-state index contributed by atoms with van der Waals surface area (Å²) < 4.78 is 1.23. The number of fused-ring (bicyclic) bond motifs is 7. The minimum Gasteiger partial charge on any atom is -0.310 e. The highest BCUT2D eigenvalue weighted by molar-refractivity contribution is 7.22. The van der Waals surface area contributed by atoms with Crippen LogP contribution in [-0.4, -0.2) is 4.98 Å². The molecule has 0 radical (unpaired) electrons. The molecule has 0 aliphatic carbocycles. The number of nitrogens with zero attached hydrogens (tertiary/aromatic N) is 2. The Morgan fingerprint density at radius 3 is 1.83 bits per heavy atom. The Labute approximate surface area is 271 Å². The molecule has 0 N–H and O–H groups in total. The normalized spacial score (nSPS) is 11.5. The van der Waals surface area contributed by atoms with Crippen LogP contribution in [-0.2, 0) is 0 Å². The molecule has 9 aromatic rings. The zero-order chi connectivity index (χ0) is 30.5. The molecule has 1 heterocycles. The van der Waals surface area contributed by atoms with Gasteiger partial charge < -0.3 is 4.90 Å². The number of hydrogen-bond acceptors (Lipinski definition) is 3. The van der Waals surface area contributed by atoms with Crippen LogP contribution in [0.5, 0.6) is 0 Å². The standard InChI is InChI=1S/C43H28N2S/c1-3-13-31(14-4-1)43-44-41-38-20-10-9-19-36(38)37-27-24-32(28-39(37)42(41)46-43)29-22-25-34(26-23-29)45(33-16-5-2-6-17-33)40-21-11-15-30-12-7-8-18-35(30)40/h1-28H. The molecule has 0 saturated heterocycles. The van der Waals surface area contributed by atoms with Crippen molar-refractivity contribution >= 4 is 70.9 Å². The first-order valence-electron chi connectivity index (χ1n) is 15.6. The lowest BCUT2D eigenvalue weighted by atomic mass is 9.96. The fraction of sp³-hybridized carbons (Fsp3) is 0. The number of para-hydroxylation sites is 1. The summed E-state index contributed by atoms with van der Waals surface area (Å²) in [6, 6.07) is 60.8. The molecule has 0 aliphatic rings. The molecule has 9 rings (SSSR count). The van der Waals surface area contributed by atoms with E-state index in [1.807, 2.05) is 0 Å². The molecule has 8 aromatic carbocycles. The molecule has 0 saturated carbocycles. The second-order valence-electron chi connectivity index (χ2n) is 11.6. The van der Waals surface area contributed by atoms with E-state index in [-0.39, 0.29) is 0 Å². The van der Waals surface area contributed by atoms with Crippen LogP contribution >= 0.6 is 11.3 Å². The first kappa shape index (κ1) is 26.6. The maximum Gasteiger partial charge on any atom is 0.124 e. The number of hydrogen-bond donors (Lipinski definition) is 0. The van der Waals surface area contributed by atoms with Gasteiger partial charge in [0.05, 0.1) is 15.9 Å². The third kappa shape index (κ3) is 4.44. The van der Waals surface area contributed by atoms with E-state index >= 15 is 0 Å². The molecule has 1 aromatic heterocycles. The maximum absolute atomic E-state index is 5.19. The zero-order valence-corrected chi connectivity index (χ0v) is 25.8. The summed E-state index contributed by atoms with van der Waals surface area (Å²) in [5, 5.41) is 8.46. The molecule has 0 bridgehead atoms. The van der Waals surface area contributed by atoms with Gasteiger partial charge in [0, 0.05) is 33.1 Å². The zero-order valence-electron chi connectivity index (χ0n) is 25.0. The number of rotatable bonds is 5. The van der Waals surface area contributed by atoms with Crippen molar-refractivity contribution in [1.82, 2.24) is 4.98 Å². The number of benzene rings is 8. The highest BCUT2D eigenvalue weighted by Gasteiger charge is 2.17. The summed E-state index contributed by atoms with van der Waals surface area (Å²) in [7, 11) is 0. The van der Waals surface area contributed by atoms with Crippen molar-refractivity contribution in [3.05, 3.63) is 170 Å². The van der Waals surface area contributed by atoms with Crippen molar-refractivity contribution < 1.29 is 0 Å². The molecule has 3 heteroatoms. The number of thiazole rings is 1. The van der Waals surface area contributed by atoms with E-state index < -0.39 is 0 Å². The Hall–Kier alpha value is -5.77. The van der Waals surface area contributed by atoms with Gasteiger partial charge in [-0.05, 0) is 63.7 Å². The quantitative estimate of drug-likeness (QED) is 0.182. The molecule has 2 nitrogen and oxygen atoms in total. The SMILES string of the molecule is c1ccc(-c2nc3c4ccccc4c4ccc(-c5ccc(N(c6ccccc6)c6cccc7ccccc67)cc5)cc4c3s2)cc1. The van der Waals surface area contributed by atoms with Crippen molar-refractivity contribution in [2.24, 2.45) is 0 Å². The highest BCUT2D eigenvalue weighted by Crippen LogP contribution is 2.43. The highest BCUT2D eigenvalue weighted by atomic mass is 32.1. The van der Waals surface area contributed by atoms with Crippen LogP contribution in [0.1, 0.15) is 0 Å². The Bertz CT molecular complexity index is 2510. The van der Waals surface area contributed by atoms with E-state index in [9.17, 15) is 0 Å². The first-order chi connectivity index (χ1) is 22.8. The summed E-state index contributed by atoms with van der Waals surface area (Å²) in [5.74, 6) is 0. The second kappa shape index (κ2) is 11.0. The minimum absolute atomic E-state index is 1.05. The average molecular weight is 605 g/mol. The fourth-order valence-corrected chi connectivity index (χ4v) is 7.79. The van der Waals surface area contributed by atoms with E-state index in [1.165, 1.54) is 48.1 Å². The summed E-state index contributed by atoms with van der Waals surface area (Å²) in [6.07, 6.45) is 0. The predicted octanol–water partition coefficient (Wildman–Crippen LogP) is 12.6. The molecular formula is C43H28N2S. The van der Waals surface area contributed by atoms with Crippen molar-refractivity contribution in [1.29, 1.82) is 0 Å². The number of anilines is 3. The Morgan fingerprint density at radius 2 is 1.02 bits per heavy atom. The molecule has 0 fully saturated rings. The van der Waals surface area contributed by atoms with Crippen LogP contribution in [0, 0.1) is 0 Å². The summed E-state index contributed by atoms with van der Waals surface area (Å²) in [4.78, 5) is 7.54. The van der Waals surface area contributed by atoms with Gasteiger partial charge in [0.15, 0.2) is 0 Å². The topological polar surface area (TPSA) is 16.1 Å². The third-order valence-electron chi connectivity index (χ3n) is 8.87. The summed E-state index contributed by atoms with van der Waals surface area (Å²) in [6.45, 7) is 0. The molecule has 216 valence electrons. The van der Waals surface area contributed by atoms with Gasteiger partial charge in [-0.1, -0.05) is 133 Å². The second-order valence-corrected chi connectivity index (χ2v) is 12.6. The molecule has 0 amide bonds. The fourth-order valence-electron chi connectivity index (χ4n) is 6.67. The van der Waals surface area contributed by atoms with Crippen molar-refractivity contribution in [3.8, 4) is 21.7 Å². The third-order valence-corrected chi connectivity index (χ3v) is 10.0. The Balaban J connectivity index is 1.18. The Kier molecular flexibility index (Phi) is 6.36. The minimum atomic E-state index is 1.05. The summed E-state index contributed by atoms with van der Waals surface area (Å²) in [5.41, 5.74) is 8.03. The van der Waals surface area contributed by atoms with Crippen LogP contribution in [0.3, 0.4) is 0 Å². The van der Waals surface area contributed by atoms with Crippen LogP contribution in [0.15, 0.2) is 170 Å². The van der Waals surface area contributed by atoms with Gasteiger partial charge in [-0.2, -0.15) is 0 Å². The van der Waals surface area contributed by atoms with Gasteiger partial charge in [0.2, 0.25) is 0 Å². The number of aromatic nitrogens is 1. The van der Waals surface area contributed by atoms with Crippen molar-refractivity contribution in [3.63, 3.8) is 0 Å². The van der Waals surface area contributed by atoms with Crippen molar-refractivity contribution in [2.45, 2.75) is 0 Å². The lowest BCUT2D eigenvalue weighted by Crippen LogP contribution is -2.10. The van der Waals surface area contributed by atoms with Gasteiger partial charge in [-0.3, -0.25) is 0 Å².